The number of ether oxygens (including phenoxy) is 2. The normalized spacial score (nSPS) is 22.6. The smallest absolute Gasteiger partial charge is 0.119 e. The molecule has 1 aromatic carbocycles. The zero-order valence-corrected chi connectivity index (χ0v) is 10.6. The van der Waals surface area contributed by atoms with Crippen molar-refractivity contribution in [3.8, 4) is 5.75 Å². The van der Waals surface area contributed by atoms with Gasteiger partial charge in [0.05, 0.1) is 6.10 Å². The van der Waals surface area contributed by atoms with Crippen LogP contribution < -0.4 is 4.74 Å². The maximum absolute atomic E-state index is 5.77. The Balaban J connectivity index is 1.76. The second-order valence-electron chi connectivity index (χ2n) is 4.61. The third-order valence-electron chi connectivity index (χ3n) is 3.37. The van der Waals surface area contributed by atoms with E-state index in [9.17, 15) is 0 Å². The first kappa shape index (κ1) is 12.4. The van der Waals surface area contributed by atoms with Gasteiger partial charge < -0.3 is 9.47 Å². The van der Waals surface area contributed by atoms with Gasteiger partial charge in [0, 0.05) is 26.2 Å². The molecule has 94 valence electrons. The summed E-state index contributed by atoms with van der Waals surface area (Å²) in [5, 5.41) is 0. The molecule has 17 heavy (non-hydrogen) atoms. The summed E-state index contributed by atoms with van der Waals surface area (Å²) >= 11 is 0. The highest BCUT2D eigenvalue weighted by Gasteiger charge is 2.25. The lowest BCUT2D eigenvalue weighted by Gasteiger charge is -2.24. The minimum absolute atomic E-state index is 0.397. The van der Waals surface area contributed by atoms with E-state index < -0.39 is 0 Å². The molecule has 0 N–H and O–H groups in total. The summed E-state index contributed by atoms with van der Waals surface area (Å²) in [6.07, 6.45) is 1.53. The molecule has 0 spiro atoms. The van der Waals surface area contributed by atoms with Gasteiger partial charge in [-0.2, -0.15) is 0 Å². The van der Waals surface area contributed by atoms with Gasteiger partial charge in [-0.3, -0.25) is 4.90 Å². The van der Waals surface area contributed by atoms with Gasteiger partial charge in [0.1, 0.15) is 12.4 Å². The quantitative estimate of drug-likeness (QED) is 0.780. The van der Waals surface area contributed by atoms with Crippen LogP contribution in [0.4, 0.5) is 0 Å². The molecular formula is C14H21NO2. The molecule has 0 aromatic heterocycles. The monoisotopic (exact) mass is 235 g/mol. The molecule has 1 fully saturated rings. The summed E-state index contributed by atoms with van der Waals surface area (Å²) in [6.45, 7) is 5.08. The Kier molecular flexibility index (Phi) is 4.40. The van der Waals surface area contributed by atoms with Crippen molar-refractivity contribution in [2.24, 2.45) is 0 Å². The molecule has 1 saturated heterocycles. The van der Waals surface area contributed by atoms with E-state index in [-0.39, 0.29) is 0 Å². The Labute approximate surface area is 103 Å². The fourth-order valence-corrected chi connectivity index (χ4v) is 2.19. The molecular weight excluding hydrogens is 214 g/mol. The number of likely N-dealkylation sites (tertiary alicyclic amines) is 1. The zero-order chi connectivity index (χ0) is 12.1. The van der Waals surface area contributed by atoms with Gasteiger partial charge in [0.25, 0.3) is 0 Å². The van der Waals surface area contributed by atoms with Crippen molar-refractivity contribution in [1.29, 1.82) is 0 Å². The Hall–Kier alpha value is -1.06. The van der Waals surface area contributed by atoms with Crippen LogP contribution in [0.25, 0.3) is 0 Å². The van der Waals surface area contributed by atoms with Gasteiger partial charge in [-0.15, -0.1) is 0 Å². The molecule has 0 saturated carbocycles. The first-order chi connectivity index (χ1) is 8.29. The van der Waals surface area contributed by atoms with Crippen LogP contribution in [0, 0.1) is 0 Å². The Bertz CT molecular complexity index is 328. The second kappa shape index (κ2) is 6.03. The van der Waals surface area contributed by atoms with Crippen LogP contribution in [0.3, 0.4) is 0 Å². The molecule has 0 radical (unpaired) electrons. The third kappa shape index (κ3) is 3.45. The van der Waals surface area contributed by atoms with E-state index in [0.29, 0.717) is 12.1 Å². The molecule has 0 aliphatic carbocycles. The number of para-hydroxylation sites is 1. The van der Waals surface area contributed by atoms with Crippen LogP contribution in [0.2, 0.25) is 0 Å². The van der Waals surface area contributed by atoms with Gasteiger partial charge in [0.15, 0.2) is 0 Å². The number of methoxy groups -OCH3 is 1. The SMILES string of the molecule is CO[C@@H]1CCN([C@@H](C)COc2ccccc2)C1. The summed E-state index contributed by atoms with van der Waals surface area (Å²) in [5.74, 6) is 0.946. The Morgan fingerprint density at radius 2 is 2.12 bits per heavy atom. The van der Waals surface area contributed by atoms with Crippen molar-refractivity contribution in [2.75, 3.05) is 26.8 Å². The van der Waals surface area contributed by atoms with Crippen molar-refractivity contribution >= 4 is 0 Å². The summed E-state index contributed by atoms with van der Waals surface area (Å²) in [4.78, 5) is 2.43. The lowest BCUT2D eigenvalue weighted by molar-refractivity contribution is 0.0950. The van der Waals surface area contributed by atoms with Crippen LogP contribution >= 0.6 is 0 Å². The average Bonchev–Trinajstić information content (AvgIpc) is 2.86. The van der Waals surface area contributed by atoms with Gasteiger partial charge >= 0.3 is 0 Å². The van der Waals surface area contributed by atoms with Gasteiger partial charge in [-0.1, -0.05) is 18.2 Å². The first-order valence-electron chi connectivity index (χ1n) is 6.24. The second-order valence-corrected chi connectivity index (χ2v) is 4.61. The van der Waals surface area contributed by atoms with Crippen LogP contribution in [-0.4, -0.2) is 43.9 Å². The maximum atomic E-state index is 5.77. The highest BCUT2D eigenvalue weighted by molar-refractivity contribution is 5.20. The van der Waals surface area contributed by atoms with E-state index in [1.165, 1.54) is 0 Å². The molecule has 0 unspecified atom stereocenters. The number of benzene rings is 1. The number of rotatable bonds is 5. The zero-order valence-electron chi connectivity index (χ0n) is 10.6. The van der Waals surface area contributed by atoms with E-state index in [0.717, 1.165) is 31.9 Å². The largest absolute Gasteiger partial charge is 0.492 e. The number of hydrogen-bond donors (Lipinski definition) is 0. The van der Waals surface area contributed by atoms with Crippen LogP contribution in [0.5, 0.6) is 5.75 Å². The molecule has 0 amide bonds. The summed E-state index contributed by atoms with van der Waals surface area (Å²) < 4.78 is 11.1. The molecule has 0 bridgehead atoms. The first-order valence-corrected chi connectivity index (χ1v) is 6.24. The highest BCUT2D eigenvalue weighted by Crippen LogP contribution is 2.16. The minimum atomic E-state index is 0.397. The molecule has 1 aliphatic heterocycles. The van der Waals surface area contributed by atoms with Crippen molar-refractivity contribution < 1.29 is 9.47 Å². The van der Waals surface area contributed by atoms with Crippen molar-refractivity contribution in [3.05, 3.63) is 30.3 Å². The van der Waals surface area contributed by atoms with Crippen LogP contribution in [0.1, 0.15) is 13.3 Å². The predicted molar refractivity (Wildman–Crippen MR) is 68.4 cm³/mol. The van der Waals surface area contributed by atoms with Crippen LogP contribution in [0.15, 0.2) is 30.3 Å². The summed E-state index contributed by atoms with van der Waals surface area (Å²) in [7, 11) is 1.79. The van der Waals surface area contributed by atoms with Gasteiger partial charge in [-0.25, -0.2) is 0 Å². The molecule has 2 atom stereocenters. The van der Waals surface area contributed by atoms with Crippen molar-refractivity contribution in [3.63, 3.8) is 0 Å². The highest BCUT2D eigenvalue weighted by atomic mass is 16.5. The van der Waals surface area contributed by atoms with Gasteiger partial charge in [-0.05, 0) is 25.5 Å². The van der Waals surface area contributed by atoms with E-state index in [1.807, 2.05) is 30.3 Å². The fourth-order valence-electron chi connectivity index (χ4n) is 2.19. The average molecular weight is 235 g/mol. The molecule has 1 aromatic rings. The number of nitrogens with zero attached hydrogens (tertiary/aromatic N) is 1. The molecule has 3 heteroatoms. The van der Waals surface area contributed by atoms with Crippen molar-refractivity contribution in [1.82, 2.24) is 4.90 Å². The van der Waals surface area contributed by atoms with E-state index in [1.54, 1.807) is 7.11 Å². The minimum Gasteiger partial charge on any atom is -0.492 e. The fraction of sp³-hybridized carbons (Fsp3) is 0.571. The van der Waals surface area contributed by atoms with Crippen molar-refractivity contribution in [2.45, 2.75) is 25.5 Å². The Morgan fingerprint density at radius 3 is 2.76 bits per heavy atom. The molecule has 2 rings (SSSR count). The lowest BCUT2D eigenvalue weighted by Crippen LogP contribution is -2.36. The number of hydrogen-bond acceptors (Lipinski definition) is 3. The summed E-state index contributed by atoms with van der Waals surface area (Å²) in [6, 6.07) is 10.4. The predicted octanol–water partition coefficient (Wildman–Crippen LogP) is 2.17. The Morgan fingerprint density at radius 1 is 1.35 bits per heavy atom. The van der Waals surface area contributed by atoms with Crippen LogP contribution in [-0.2, 0) is 4.74 Å². The lowest BCUT2D eigenvalue weighted by atomic mass is 10.3. The van der Waals surface area contributed by atoms with E-state index in [2.05, 4.69) is 11.8 Å². The third-order valence-corrected chi connectivity index (χ3v) is 3.37. The topological polar surface area (TPSA) is 21.7 Å². The summed E-state index contributed by atoms with van der Waals surface area (Å²) in [5.41, 5.74) is 0. The maximum Gasteiger partial charge on any atom is 0.119 e. The van der Waals surface area contributed by atoms with E-state index in [4.69, 9.17) is 9.47 Å². The standard InChI is InChI=1S/C14H21NO2/c1-12(15-9-8-14(10-15)16-2)11-17-13-6-4-3-5-7-13/h3-7,12,14H,8-11H2,1-2H3/t12-,14+/m0/s1. The molecule has 3 nitrogen and oxygen atoms in total. The molecule has 1 heterocycles. The van der Waals surface area contributed by atoms with Gasteiger partial charge in [0.2, 0.25) is 0 Å². The van der Waals surface area contributed by atoms with E-state index >= 15 is 0 Å². The molecule has 1 aliphatic rings.